The van der Waals surface area contributed by atoms with Crippen LogP contribution in [-0.4, -0.2) is 22.8 Å². The zero-order valence-corrected chi connectivity index (χ0v) is 20.9. The summed E-state index contributed by atoms with van der Waals surface area (Å²) < 4.78 is 0.913. The highest BCUT2D eigenvalue weighted by molar-refractivity contribution is 9.10. The van der Waals surface area contributed by atoms with Crippen molar-refractivity contribution in [2.45, 2.75) is 31.1 Å². The van der Waals surface area contributed by atoms with Gasteiger partial charge in [-0.2, -0.15) is 0 Å². The fourth-order valence-electron chi connectivity index (χ4n) is 5.07. The number of halogens is 2. The monoisotopic (exact) mass is 549 g/mol. The largest absolute Gasteiger partial charge is 0.478 e. The third-order valence-electron chi connectivity index (χ3n) is 6.71. The van der Waals surface area contributed by atoms with Gasteiger partial charge in [0.05, 0.1) is 16.3 Å². The quantitative estimate of drug-likeness (QED) is 0.391. The van der Waals surface area contributed by atoms with Crippen molar-refractivity contribution in [1.82, 2.24) is 0 Å². The van der Waals surface area contributed by atoms with Crippen molar-refractivity contribution in [1.29, 1.82) is 0 Å². The Morgan fingerprint density at radius 2 is 1.63 bits per heavy atom. The Morgan fingerprint density at radius 1 is 0.914 bits per heavy atom. The third-order valence-corrected chi connectivity index (χ3v) is 7.55. The normalized spacial score (nSPS) is 20.1. The van der Waals surface area contributed by atoms with Crippen molar-refractivity contribution in [3.05, 3.63) is 110 Å². The third kappa shape index (κ3) is 4.44. The Morgan fingerprint density at radius 3 is 2.31 bits per heavy atom. The van der Waals surface area contributed by atoms with Crippen molar-refractivity contribution < 1.29 is 19.5 Å². The smallest absolute Gasteiger partial charge is 0.335 e. The molecular formula is C28H21BrClNO4. The van der Waals surface area contributed by atoms with Crippen LogP contribution in [0.25, 0.3) is 0 Å². The van der Waals surface area contributed by atoms with Gasteiger partial charge in [-0.15, -0.1) is 0 Å². The van der Waals surface area contributed by atoms with Gasteiger partial charge in [0.2, 0.25) is 5.91 Å². The number of aromatic carboxylic acids is 1. The number of hydrogen-bond donors (Lipinski definition) is 1. The molecule has 176 valence electrons. The first-order chi connectivity index (χ1) is 16.8. The predicted molar refractivity (Wildman–Crippen MR) is 138 cm³/mol. The highest BCUT2D eigenvalue weighted by Gasteiger charge is 2.43. The summed E-state index contributed by atoms with van der Waals surface area (Å²) >= 11 is 9.94. The number of ketones is 1. The summed E-state index contributed by atoms with van der Waals surface area (Å²) in [6.07, 6.45) is 0.911. The minimum Gasteiger partial charge on any atom is -0.478 e. The fraction of sp³-hybridized carbons (Fsp3) is 0.179. The lowest BCUT2D eigenvalue weighted by Crippen LogP contribution is -2.42. The molecule has 1 heterocycles. The topological polar surface area (TPSA) is 74.7 Å². The van der Waals surface area contributed by atoms with E-state index in [1.165, 1.54) is 23.1 Å². The summed E-state index contributed by atoms with van der Waals surface area (Å²) in [6, 6.07) is 21.7. The number of amides is 1. The molecule has 1 amide bonds. The maximum atomic E-state index is 13.7. The molecule has 3 aromatic rings. The van der Waals surface area contributed by atoms with Gasteiger partial charge in [0.1, 0.15) is 0 Å². The van der Waals surface area contributed by atoms with E-state index in [2.05, 4.69) is 15.9 Å². The van der Waals surface area contributed by atoms with Gasteiger partial charge in [0.15, 0.2) is 5.78 Å². The van der Waals surface area contributed by atoms with Gasteiger partial charge >= 0.3 is 5.97 Å². The van der Waals surface area contributed by atoms with E-state index >= 15 is 0 Å². The Bertz CT molecular complexity index is 1370. The van der Waals surface area contributed by atoms with Crippen molar-refractivity contribution in [3.63, 3.8) is 0 Å². The van der Waals surface area contributed by atoms with Crippen LogP contribution in [0.4, 0.5) is 5.69 Å². The lowest BCUT2D eigenvalue weighted by molar-refractivity contribution is -0.120. The zero-order chi connectivity index (χ0) is 24.7. The van der Waals surface area contributed by atoms with Crippen LogP contribution in [0.3, 0.4) is 0 Å². The molecule has 1 aliphatic heterocycles. The summed E-state index contributed by atoms with van der Waals surface area (Å²) in [5.74, 6) is -1.80. The first-order valence-electron chi connectivity index (χ1n) is 11.3. The van der Waals surface area contributed by atoms with Gasteiger partial charge in [0, 0.05) is 34.5 Å². The molecule has 1 aliphatic carbocycles. The molecule has 7 heteroatoms. The Balaban J connectivity index is 1.69. The van der Waals surface area contributed by atoms with Crippen LogP contribution in [0.5, 0.6) is 0 Å². The van der Waals surface area contributed by atoms with Crippen molar-refractivity contribution in [3.8, 4) is 0 Å². The van der Waals surface area contributed by atoms with Gasteiger partial charge in [-0.05, 0) is 53.8 Å². The van der Waals surface area contributed by atoms with Gasteiger partial charge in [-0.25, -0.2) is 4.79 Å². The lowest BCUT2D eigenvalue weighted by Gasteiger charge is -2.41. The van der Waals surface area contributed by atoms with Crippen LogP contribution < -0.4 is 4.90 Å². The predicted octanol–water partition coefficient (Wildman–Crippen LogP) is 6.72. The number of carboxylic acids is 1. The summed E-state index contributed by atoms with van der Waals surface area (Å²) in [5, 5.41) is 9.78. The van der Waals surface area contributed by atoms with E-state index < -0.39 is 5.97 Å². The second-order valence-electron chi connectivity index (χ2n) is 8.81. The second kappa shape index (κ2) is 9.44. The number of carbonyl (C=O) groups is 3. The summed E-state index contributed by atoms with van der Waals surface area (Å²) in [6.45, 7) is 0. The lowest BCUT2D eigenvalue weighted by atomic mass is 9.72. The molecule has 2 atom stereocenters. The van der Waals surface area contributed by atoms with Crippen molar-refractivity contribution >= 4 is 50.9 Å². The summed E-state index contributed by atoms with van der Waals surface area (Å²) in [5.41, 5.74) is 3.44. The molecule has 35 heavy (non-hydrogen) atoms. The maximum absolute atomic E-state index is 13.7. The van der Waals surface area contributed by atoms with Crippen LogP contribution in [-0.2, 0) is 9.59 Å². The Hall–Kier alpha value is -3.22. The fourth-order valence-corrected chi connectivity index (χ4v) is 5.54. The molecule has 0 radical (unpaired) electrons. The number of carbonyl (C=O) groups excluding carboxylic acids is 2. The van der Waals surface area contributed by atoms with E-state index in [0.29, 0.717) is 29.8 Å². The molecule has 5 rings (SSSR count). The average Bonchev–Trinajstić information content (AvgIpc) is 2.85. The molecule has 0 saturated carbocycles. The molecule has 3 aromatic carbocycles. The molecule has 0 bridgehead atoms. The highest BCUT2D eigenvalue weighted by atomic mass is 79.9. The van der Waals surface area contributed by atoms with Crippen LogP contribution in [0.15, 0.2) is 88.5 Å². The van der Waals surface area contributed by atoms with Gasteiger partial charge < -0.3 is 5.11 Å². The minimum atomic E-state index is -1.11. The van der Waals surface area contributed by atoms with E-state index in [-0.39, 0.29) is 40.5 Å². The van der Waals surface area contributed by atoms with Crippen LogP contribution in [0.1, 0.15) is 52.6 Å². The molecule has 5 nitrogen and oxygen atoms in total. The van der Waals surface area contributed by atoms with Crippen LogP contribution in [0, 0.1) is 0 Å². The van der Waals surface area contributed by atoms with Crippen LogP contribution >= 0.6 is 27.5 Å². The molecule has 1 N–H and O–H groups in total. The SMILES string of the molecule is O=C1CC(c2ccccc2)CC2=C1C(c1ccc(Br)cc1)CC(=O)N2c1cc(C(=O)O)ccc1Cl. The standard InChI is InChI=1S/C28H21BrClNO4/c29-20-9-6-17(7-10-20)21-15-26(33)31(23-12-18(28(34)35)8-11-22(23)30)24-13-19(14-25(32)27(21)24)16-4-2-1-3-5-16/h1-12,19,21H,13-15H2,(H,34,35). The van der Waals surface area contributed by atoms with Gasteiger partial charge in [-0.3, -0.25) is 14.5 Å². The van der Waals surface area contributed by atoms with Gasteiger partial charge in [0.25, 0.3) is 0 Å². The molecule has 0 saturated heterocycles. The van der Waals surface area contributed by atoms with E-state index in [1.54, 1.807) is 0 Å². The number of carboxylic acid groups (broad SMARTS) is 1. The first kappa shape index (κ1) is 23.5. The highest BCUT2D eigenvalue weighted by Crippen LogP contribution is 2.48. The Labute approximate surface area is 216 Å². The van der Waals surface area contributed by atoms with Gasteiger partial charge in [-0.1, -0.05) is 70.0 Å². The molecule has 2 unspecified atom stereocenters. The molecule has 0 fully saturated rings. The number of nitrogens with zero attached hydrogens (tertiary/aromatic N) is 1. The number of benzene rings is 3. The molecular weight excluding hydrogens is 530 g/mol. The maximum Gasteiger partial charge on any atom is 0.335 e. The molecule has 0 spiro atoms. The second-order valence-corrected chi connectivity index (χ2v) is 10.1. The molecule has 0 aromatic heterocycles. The number of hydrogen-bond acceptors (Lipinski definition) is 3. The van der Waals surface area contributed by atoms with Crippen molar-refractivity contribution in [2.24, 2.45) is 0 Å². The van der Waals surface area contributed by atoms with E-state index in [9.17, 15) is 19.5 Å². The number of anilines is 1. The minimum absolute atomic E-state index is 0.00367. The molecule has 2 aliphatic rings. The van der Waals surface area contributed by atoms with E-state index in [4.69, 9.17) is 11.6 Å². The number of allylic oxidation sites excluding steroid dienone is 2. The Kier molecular flexibility index (Phi) is 6.34. The number of Topliss-reactive ketones (excluding diaryl/α,β-unsaturated/α-hetero) is 1. The van der Waals surface area contributed by atoms with E-state index in [1.807, 2.05) is 54.6 Å². The van der Waals surface area contributed by atoms with Crippen LogP contribution in [0.2, 0.25) is 5.02 Å². The zero-order valence-electron chi connectivity index (χ0n) is 18.6. The summed E-state index contributed by atoms with van der Waals surface area (Å²) in [7, 11) is 0. The van der Waals surface area contributed by atoms with E-state index in [0.717, 1.165) is 15.6 Å². The summed E-state index contributed by atoms with van der Waals surface area (Å²) in [4.78, 5) is 40.5. The van der Waals surface area contributed by atoms with Crippen molar-refractivity contribution in [2.75, 3.05) is 4.90 Å². The average molecular weight is 551 g/mol. The first-order valence-corrected chi connectivity index (χ1v) is 12.4. The number of rotatable bonds is 4.